The van der Waals surface area contributed by atoms with E-state index in [4.69, 9.17) is 10.00 Å². The highest BCUT2D eigenvalue weighted by atomic mass is 16.5. The average Bonchev–Trinajstić information content (AvgIpc) is 2.60. The Labute approximate surface area is 139 Å². The summed E-state index contributed by atoms with van der Waals surface area (Å²) in [6, 6.07) is 9.55. The molecule has 0 unspecified atom stereocenters. The normalized spacial score (nSPS) is 10.9. The molecule has 0 bridgehead atoms. The second-order valence-corrected chi connectivity index (χ2v) is 5.02. The number of pyridine rings is 1. The van der Waals surface area contributed by atoms with Gasteiger partial charge in [-0.2, -0.15) is 5.26 Å². The zero-order valence-corrected chi connectivity index (χ0v) is 12.8. The number of nitriles is 1. The Bertz CT molecular complexity index is 779. The summed E-state index contributed by atoms with van der Waals surface area (Å²) in [4.78, 5) is 15.9. The first-order valence-corrected chi connectivity index (χ1v) is 7.30. The topological polar surface area (TPSA) is 103 Å². The SMILES string of the molecule is N#CC(=Cc1ccc(O)c(O)c1)C(=O)OCCCc1cccnc1. The van der Waals surface area contributed by atoms with E-state index in [9.17, 15) is 15.0 Å². The van der Waals surface area contributed by atoms with Crippen LogP contribution in [0.5, 0.6) is 11.5 Å². The Morgan fingerprint density at radius 3 is 2.79 bits per heavy atom. The first-order valence-electron chi connectivity index (χ1n) is 7.30. The van der Waals surface area contributed by atoms with Crippen molar-refractivity contribution >= 4 is 12.0 Å². The Kier molecular flexibility index (Phi) is 5.92. The van der Waals surface area contributed by atoms with Crippen LogP contribution in [0.15, 0.2) is 48.3 Å². The Hall–Kier alpha value is -3.33. The molecule has 6 heteroatoms. The van der Waals surface area contributed by atoms with Crippen molar-refractivity contribution in [2.24, 2.45) is 0 Å². The molecule has 1 heterocycles. The van der Waals surface area contributed by atoms with E-state index in [0.29, 0.717) is 12.0 Å². The van der Waals surface area contributed by atoms with Gasteiger partial charge in [0.2, 0.25) is 0 Å². The van der Waals surface area contributed by atoms with Crippen LogP contribution in [0, 0.1) is 11.3 Å². The van der Waals surface area contributed by atoms with Gasteiger partial charge in [0, 0.05) is 12.4 Å². The number of hydrogen-bond acceptors (Lipinski definition) is 6. The largest absolute Gasteiger partial charge is 0.504 e. The van der Waals surface area contributed by atoms with E-state index >= 15 is 0 Å². The quantitative estimate of drug-likeness (QED) is 0.278. The number of phenols is 2. The van der Waals surface area contributed by atoms with Crippen LogP contribution in [0.25, 0.3) is 6.08 Å². The third-order valence-electron chi connectivity index (χ3n) is 3.22. The molecule has 0 fully saturated rings. The summed E-state index contributed by atoms with van der Waals surface area (Å²) in [6.07, 6.45) is 6.08. The summed E-state index contributed by atoms with van der Waals surface area (Å²) in [6.45, 7) is 0.188. The van der Waals surface area contributed by atoms with E-state index in [1.54, 1.807) is 18.5 Å². The van der Waals surface area contributed by atoms with Gasteiger partial charge in [0.25, 0.3) is 0 Å². The average molecular weight is 324 g/mol. The van der Waals surface area contributed by atoms with E-state index in [1.165, 1.54) is 24.3 Å². The number of carbonyl (C=O) groups excluding carboxylic acids is 1. The van der Waals surface area contributed by atoms with Crippen molar-refractivity contribution in [1.82, 2.24) is 4.98 Å². The minimum absolute atomic E-state index is 0.179. The number of nitrogens with zero attached hydrogens (tertiary/aromatic N) is 2. The zero-order valence-electron chi connectivity index (χ0n) is 12.8. The Balaban J connectivity index is 1.90. The number of carbonyl (C=O) groups is 1. The third-order valence-corrected chi connectivity index (χ3v) is 3.22. The number of aromatic nitrogens is 1. The number of esters is 1. The number of phenolic OH excluding ortho intramolecular Hbond substituents is 2. The predicted molar refractivity (Wildman–Crippen MR) is 86.9 cm³/mol. The lowest BCUT2D eigenvalue weighted by molar-refractivity contribution is -0.138. The molecule has 0 amide bonds. The number of rotatable bonds is 6. The fourth-order valence-electron chi connectivity index (χ4n) is 2.00. The third kappa shape index (κ3) is 4.85. The summed E-state index contributed by atoms with van der Waals surface area (Å²) in [5.41, 5.74) is 1.28. The molecular formula is C18H16N2O4. The van der Waals surface area contributed by atoms with Crippen LogP contribution in [0.2, 0.25) is 0 Å². The van der Waals surface area contributed by atoms with Gasteiger partial charge in [0.1, 0.15) is 11.6 Å². The molecule has 0 saturated heterocycles. The zero-order chi connectivity index (χ0) is 17.4. The van der Waals surface area contributed by atoms with Gasteiger partial charge in [0.15, 0.2) is 11.5 Å². The molecule has 6 nitrogen and oxygen atoms in total. The van der Waals surface area contributed by atoms with Crippen molar-refractivity contribution < 1.29 is 19.7 Å². The predicted octanol–water partition coefficient (Wildman–Crippen LogP) is 2.58. The smallest absolute Gasteiger partial charge is 0.348 e. The van der Waals surface area contributed by atoms with Gasteiger partial charge in [-0.3, -0.25) is 4.98 Å². The van der Waals surface area contributed by atoms with Gasteiger partial charge in [0.05, 0.1) is 6.61 Å². The van der Waals surface area contributed by atoms with E-state index < -0.39 is 5.97 Å². The highest BCUT2D eigenvalue weighted by Crippen LogP contribution is 2.25. The van der Waals surface area contributed by atoms with Gasteiger partial charge in [-0.25, -0.2) is 4.79 Å². The number of ether oxygens (including phenoxy) is 1. The van der Waals surface area contributed by atoms with Crippen LogP contribution in [-0.4, -0.2) is 27.8 Å². The first-order chi connectivity index (χ1) is 11.6. The number of hydrogen-bond donors (Lipinski definition) is 2. The van der Waals surface area contributed by atoms with Crippen molar-refractivity contribution in [3.8, 4) is 17.6 Å². The van der Waals surface area contributed by atoms with Gasteiger partial charge in [-0.05, 0) is 48.2 Å². The Morgan fingerprint density at radius 1 is 1.29 bits per heavy atom. The minimum atomic E-state index is -0.726. The molecule has 2 rings (SSSR count). The molecule has 0 saturated carbocycles. The molecule has 0 aliphatic heterocycles. The summed E-state index contributed by atoms with van der Waals surface area (Å²) in [5.74, 6) is -1.33. The van der Waals surface area contributed by atoms with Crippen LogP contribution in [0.1, 0.15) is 17.5 Å². The molecule has 0 atom stereocenters. The minimum Gasteiger partial charge on any atom is -0.504 e. The molecule has 0 radical (unpaired) electrons. The van der Waals surface area contributed by atoms with Gasteiger partial charge >= 0.3 is 5.97 Å². The summed E-state index contributed by atoms with van der Waals surface area (Å²) in [5, 5.41) is 27.7. The standard InChI is InChI=1S/C18H16N2O4/c19-11-15(9-14-5-6-16(21)17(22)10-14)18(23)24-8-2-4-13-3-1-7-20-12-13/h1,3,5-7,9-10,12,21-22H,2,4,8H2. The van der Waals surface area contributed by atoms with E-state index in [1.807, 2.05) is 12.1 Å². The number of benzene rings is 1. The molecule has 1 aromatic heterocycles. The molecule has 0 aliphatic carbocycles. The molecular weight excluding hydrogens is 308 g/mol. The van der Waals surface area contributed by atoms with Gasteiger partial charge in [-0.15, -0.1) is 0 Å². The van der Waals surface area contributed by atoms with Crippen LogP contribution < -0.4 is 0 Å². The number of aryl methyl sites for hydroxylation is 1. The van der Waals surface area contributed by atoms with Crippen LogP contribution in [-0.2, 0) is 16.0 Å². The van der Waals surface area contributed by atoms with Crippen LogP contribution in [0.4, 0.5) is 0 Å². The lowest BCUT2D eigenvalue weighted by Gasteiger charge is -2.04. The second-order valence-electron chi connectivity index (χ2n) is 5.02. The maximum Gasteiger partial charge on any atom is 0.348 e. The van der Waals surface area contributed by atoms with Gasteiger partial charge < -0.3 is 14.9 Å². The summed E-state index contributed by atoms with van der Waals surface area (Å²) < 4.78 is 5.08. The van der Waals surface area contributed by atoms with Crippen molar-refractivity contribution in [3.63, 3.8) is 0 Å². The molecule has 0 aliphatic rings. The first kappa shape index (κ1) is 17.0. The lowest BCUT2D eigenvalue weighted by atomic mass is 10.1. The van der Waals surface area contributed by atoms with Crippen LogP contribution >= 0.6 is 0 Å². The summed E-state index contributed by atoms with van der Waals surface area (Å²) in [7, 11) is 0. The van der Waals surface area contributed by atoms with E-state index in [0.717, 1.165) is 12.0 Å². The molecule has 122 valence electrons. The van der Waals surface area contributed by atoms with Gasteiger partial charge in [-0.1, -0.05) is 12.1 Å². The number of aromatic hydroxyl groups is 2. The maximum atomic E-state index is 11.9. The molecule has 24 heavy (non-hydrogen) atoms. The monoisotopic (exact) mass is 324 g/mol. The van der Waals surface area contributed by atoms with Crippen molar-refractivity contribution in [2.75, 3.05) is 6.61 Å². The highest BCUT2D eigenvalue weighted by Gasteiger charge is 2.11. The molecule has 2 N–H and O–H groups in total. The fraction of sp³-hybridized carbons (Fsp3) is 0.167. The molecule has 0 spiro atoms. The maximum absolute atomic E-state index is 11.9. The van der Waals surface area contributed by atoms with Crippen molar-refractivity contribution in [1.29, 1.82) is 5.26 Å². The molecule has 1 aromatic carbocycles. The Morgan fingerprint density at radius 2 is 2.12 bits per heavy atom. The van der Waals surface area contributed by atoms with E-state index in [2.05, 4.69) is 4.98 Å². The second kappa shape index (κ2) is 8.34. The lowest BCUT2D eigenvalue weighted by Crippen LogP contribution is -2.08. The van der Waals surface area contributed by atoms with Crippen molar-refractivity contribution in [2.45, 2.75) is 12.8 Å². The highest BCUT2D eigenvalue weighted by molar-refractivity contribution is 5.97. The fourth-order valence-corrected chi connectivity index (χ4v) is 2.00. The summed E-state index contributed by atoms with van der Waals surface area (Å²) >= 11 is 0. The van der Waals surface area contributed by atoms with Crippen LogP contribution in [0.3, 0.4) is 0 Å². The van der Waals surface area contributed by atoms with E-state index in [-0.39, 0.29) is 23.7 Å². The van der Waals surface area contributed by atoms with Crippen molar-refractivity contribution in [3.05, 3.63) is 59.4 Å². The molecule has 2 aromatic rings.